The molecule has 0 aliphatic carbocycles. The van der Waals surface area contributed by atoms with E-state index in [1.165, 1.54) is 0 Å². The quantitative estimate of drug-likeness (QED) is 0.542. The van der Waals surface area contributed by atoms with Gasteiger partial charge >= 0.3 is 0 Å². The van der Waals surface area contributed by atoms with Crippen LogP contribution < -0.4 is 0 Å². The summed E-state index contributed by atoms with van der Waals surface area (Å²) in [4.78, 5) is 0. The SMILES string of the molecule is [CH2-]C(C)O[B]C.[U]. The van der Waals surface area contributed by atoms with Crippen molar-refractivity contribution >= 4 is 7.48 Å². The van der Waals surface area contributed by atoms with Gasteiger partial charge in [0.05, 0.1) is 0 Å². The van der Waals surface area contributed by atoms with E-state index < -0.39 is 0 Å². The van der Waals surface area contributed by atoms with Crippen molar-refractivity contribution < 1.29 is 35.8 Å². The van der Waals surface area contributed by atoms with Crippen LogP contribution in [-0.4, -0.2) is 13.6 Å². The molecule has 39 valence electrons. The molecule has 1 unspecified atom stereocenters. The Morgan fingerprint density at radius 1 is 1.71 bits per heavy atom. The van der Waals surface area contributed by atoms with Crippen molar-refractivity contribution in [1.29, 1.82) is 0 Å². The van der Waals surface area contributed by atoms with Crippen molar-refractivity contribution in [2.45, 2.75) is 19.9 Å². The first-order valence-corrected chi connectivity index (χ1v) is 2.03. The Morgan fingerprint density at radius 2 is 2.14 bits per heavy atom. The van der Waals surface area contributed by atoms with E-state index in [0.717, 1.165) is 0 Å². The fraction of sp³-hybridized carbons (Fsp3) is 0.750. The molecule has 0 saturated carbocycles. The minimum absolute atomic E-state index is 0. The molecule has 0 heterocycles. The van der Waals surface area contributed by atoms with Gasteiger partial charge in [0.2, 0.25) is 0 Å². The number of hydrogen-bond donors (Lipinski definition) is 0. The minimum atomic E-state index is 0. The van der Waals surface area contributed by atoms with Crippen LogP contribution in [0.5, 0.6) is 0 Å². The molecule has 0 bridgehead atoms. The normalized spacial score (nSPS) is 11.9. The van der Waals surface area contributed by atoms with Gasteiger partial charge in [-0.3, -0.25) is 0 Å². The molecule has 0 rings (SSSR count). The van der Waals surface area contributed by atoms with Crippen LogP contribution in [0, 0.1) is 38.0 Å². The van der Waals surface area contributed by atoms with E-state index in [1.54, 1.807) is 7.48 Å². The van der Waals surface area contributed by atoms with Gasteiger partial charge in [0.25, 0.3) is 7.48 Å². The predicted molar refractivity (Wildman–Crippen MR) is 27.5 cm³/mol. The van der Waals surface area contributed by atoms with Crippen LogP contribution in [0.3, 0.4) is 0 Å². The van der Waals surface area contributed by atoms with Gasteiger partial charge in [-0.1, -0.05) is 19.9 Å². The fourth-order valence-corrected chi connectivity index (χ4v) is 0.232. The second kappa shape index (κ2) is 7.08. The standard InChI is InChI=1S/C4H9BO.U/c1-4(2)6-5-3;/h4H,1H2,2-3H3;/q-1;. The topological polar surface area (TPSA) is 9.23 Å². The molecule has 0 aromatic rings. The van der Waals surface area contributed by atoms with Crippen molar-refractivity contribution in [2.75, 3.05) is 0 Å². The van der Waals surface area contributed by atoms with Gasteiger partial charge in [-0.05, 0) is 0 Å². The van der Waals surface area contributed by atoms with Crippen LogP contribution in [0.2, 0.25) is 6.82 Å². The summed E-state index contributed by atoms with van der Waals surface area (Å²) in [6.45, 7) is 7.30. The molecule has 0 aromatic heterocycles. The van der Waals surface area contributed by atoms with E-state index in [9.17, 15) is 0 Å². The number of hydrogen-bond acceptors (Lipinski definition) is 1. The van der Waals surface area contributed by atoms with Gasteiger partial charge in [0.15, 0.2) is 0 Å². The van der Waals surface area contributed by atoms with Crippen molar-refractivity contribution in [1.82, 2.24) is 0 Å². The molecule has 0 aromatic carbocycles. The summed E-state index contributed by atoms with van der Waals surface area (Å²) >= 11 is 0. The van der Waals surface area contributed by atoms with Gasteiger partial charge in [0, 0.05) is 31.1 Å². The molecule has 1 radical (unpaired) electrons. The Balaban J connectivity index is 0. The summed E-state index contributed by atoms with van der Waals surface area (Å²) in [6.07, 6.45) is 0.0926. The third kappa shape index (κ3) is 11.0. The molecule has 7 heavy (non-hydrogen) atoms. The maximum atomic E-state index is 4.81. The molecule has 0 spiro atoms. The van der Waals surface area contributed by atoms with E-state index in [-0.39, 0.29) is 37.2 Å². The summed E-state index contributed by atoms with van der Waals surface area (Å²) in [7, 11) is 1.64. The molecule has 0 aliphatic heterocycles. The Hall–Kier alpha value is 1.08. The zero-order chi connectivity index (χ0) is 4.99. The predicted octanol–water partition coefficient (Wildman–Crippen LogP) is 0.893. The van der Waals surface area contributed by atoms with E-state index in [1.807, 2.05) is 13.7 Å². The average Bonchev–Trinajstić information content (AvgIpc) is 1.35. The van der Waals surface area contributed by atoms with Crippen molar-refractivity contribution in [3.63, 3.8) is 0 Å². The molecule has 1 nitrogen and oxygen atoms in total. The molecule has 0 amide bonds. The summed E-state index contributed by atoms with van der Waals surface area (Å²) in [5.74, 6) is 0. The van der Waals surface area contributed by atoms with E-state index in [0.29, 0.717) is 0 Å². The van der Waals surface area contributed by atoms with Crippen LogP contribution in [0.25, 0.3) is 0 Å². The first-order valence-electron chi connectivity index (χ1n) is 2.03. The summed E-state index contributed by atoms with van der Waals surface area (Å²) in [6, 6.07) is 0. The summed E-state index contributed by atoms with van der Waals surface area (Å²) in [5.41, 5.74) is 0. The van der Waals surface area contributed by atoms with Crippen LogP contribution in [0.1, 0.15) is 6.92 Å². The van der Waals surface area contributed by atoms with Gasteiger partial charge in [-0.25, -0.2) is 0 Å². The maximum absolute atomic E-state index is 4.81. The Morgan fingerprint density at radius 3 is 2.14 bits per heavy atom. The molecule has 0 aliphatic rings. The van der Waals surface area contributed by atoms with E-state index in [2.05, 4.69) is 6.92 Å². The molecule has 0 fully saturated rings. The zero-order valence-corrected chi connectivity index (χ0v) is 8.93. The maximum Gasteiger partial charge on any atom is 0.284 e. The zero-order valence-electron chi connectivity index (χ0n) is 4.77. The van der Waals surface area contributed by atoms with Gasteiger partial charge < -0.3 is 11.6 Å². The first-order chi connectivity index (χ1) is 2.77. The fourth-order valence-electron chi connectivity index (χ4n) is 0.232. The third-order valence-electron chi connectivity index (χ3n) is 0.368. The Bertz CT molecular complexity index is 32.9. The van der Waals surface area contributed by atoms with E-state index >= 15 is 0 Å². The van der Waals surface area contributed by atoms with Crippen LogP contribution in [-0.2, 0) is 4.65 Å². The molecular weight excluding hydrogens is 313 g/mol. The van der Waals surface area contributed by atoms with Crippen LogP contribution >= 0.6 is 0 Å². The molecule has 1 atom stereocenters. The molecule has 3 heteroatoms. The first kappa shape index (κ1) is 11.0. The van der Waals surface area contributed by atoms with Crippen molar-refractivity contribution in [3.05, 3.63) is 6.92 Å². The van der Waals surface area contributed by atoms with E-state index in [4.69, 9.17) is 4.65 Å². The largest absolute Gasteiger partial charge is 0.468 e. The summed E-state index contributed by atoms with van der Waals surface area (Å²) in [5, 5.41) is 0. The van der Waals surface area contributed by atoms with Crippen LogP contribution in [0.15, 0.2) is 0 Å². The smallest absolute Gasteiger partial charge is 0.284 e. The van der Waals surface area contributed by atoms with Gasteiger partial charge in [0.1, 0.15) is 0 Å². The van der Waals surface area contributed by atoms with Gasteiger partial charge in [-0.2, -0.15) is 0 Å². The second-order valence-corrected chi connectivity index (χ2v) is 1.18. The van der Waals surface area contributed by atoms with Crippen molar-refractivity contribution in [2.24, 2.45) is 0 Å². The third-order valence-corrected chi connectivity index (χ3v) is 0.368. The Kier molecular flexibility index (Phi) is 11.1. The Labute approximate surface area is 69.8 Å². The average molecular weight is 322 g/mol. The minimum Gasteiger partial charge on any atom is -0.468 e. The van der Waals surface area contributed by atoms with Crippen LogP contribution in [0.4, 0.5) is 0 Å². The molecule has 0 N–H and O–H groups in total. The second-order valence-electron chi connectivity index (χ2n) is 1.18. The number of rotatable bonds is 2. The van der Waals surface area contributed by atoms with Crippen molar-refractivity contribution in [3.8, 4) is 0 Å². The monoisotopic (exact) mass is 322 g/mol. The summed E-state index contributed by atoms with van der Waals surface area (Å²) < 4.78 is 4.81. The van der Waals surface area contributed by atoms with Gasteiger partial charge in [-0.15, -0.1) is 0 Å². The molecule has 0 saturated heterocycles. The molecular formula is C4H9BOU-.